The lowest BCUT2D eigenvalue weighted by atomic mass is 9.99. The second-order valence-electron chi connectivity index (χ2n) is 7.12. The SMILES string of the molecule is CN(C)CCCN1CC(C(=O)N2CCCc3ccccc32)CC1=O. The minimum absolute atomic E-state index is 0.116. The molecule has 1 aromatic rings. The van der Waals surface area contributed by atoms with Crippen LogP contribution in [0.2, 0.25) is 0 Å². The summed E-state index contributed by atoms with van der Waals surface area (Å²) in [4.78, 5) is 31.1. The van der Waals surface area contributed by atoms with E-state index in [1.807, 2.05) is 42.1 Å². The van der Waals surface area contributed by atoms with Gasteiger partial charge in [-0.15, -0.1) is 0 Å². The number of fused-ring (bicyclic) bond motifs is 1. The second-order valence-corrected chi connectivity index (χ2v) is 7.12. The number of carbonyl (C=O) groups is 2. The number of hydrogen-bond acceptors (Lipinski definition) is 3. The van der Waals surface area contributed by atoms with Crippen LogP contribution in [0.1, 0.15) is 24.8 Å². The Bertz CT molecular complexity index is 614. The predicted molar refractivity (Wildman–Crippen MR) is 95.0 cm³/mol. The van der Waals surface area contributed by atoms with Crippen molar-refractivity contribution in [2.24, 2.45) is 5.92 Å². The molecule has 130 valence electrons. The van der Waals surface area contributed by atoms with Gasteiger partial charge in [-0.2, -0.15) is 0 Å². The molecule has 0 saturated carbocycles. The van der Waals surface area contributed by atoms with Crippen molar-refractivity contribution in [3.8, 4) is 0 Å². The summed E-state index contributed by atoms with van der Waals surface area (Å²) < 4.78 is 0. The number of nitrogens with zero attached hydrogens (tertiary/aromatic N) is 3. The van der Waals surface area contributed by atoms with Crippen LogP contribution in [0.4, 0.5) is 5.69 Å². The van der Waals surface area contributed by atoms with E-state index >= 15 is 0 Å². The van der Waals surface area contributed by atoms with E-state index in [0.29, 0.717) is 13.0 Å². The molecule has 3 rings (SSSR count). The maximum atomic E-state index is 13.0. The van der Waals surface area contributed by atoms with Crippen molar-refractivity contribution in [1.82, 2.24) is 9.80 Å². The summed E-state index contributed by atoms with van der Waals surface area (Å²) in [5.74, 6) is 0.0472. The fourth-order valence-corrected chi connectivity index (χ4v) is 3.71. The molecule has 0 bridgehead atoms. The molecule has 0 radical (unpaired) electrons. The van der Waals surface area contributed by atoms with Crippen molar-refractivity contribution in [3.05, 3.63) is 29.8 Å². The highest BCUT2D eigenvalue weighted by Crippen LogP contribution is 2.30. The molecule has 0 aromatic heterocycles. The Balaban J connectivity index is 1.63. The fourth-order valence-electron chi connectivity index (χ4n) is 3.71. The number of hydrogen-bond donors (Lipinski definition) is 0. The van der Waals surface area contributed by atoms with Gasteiger partial charge in [0, 0.05) is 31.7 Å². The van der Waals surface area contributed by atoms with Crippen LogP contribution in [0.5, 0.6) is 0 Å². The molecule has 2 aliphatic heterocycles. The van der Waals surface area contributed by atoms with E-state index in [1.54, 1.807) is 0 Å². The van der Waals surface area contributed by atoms with Gasteiger partial charge in [0.25, 0.3) is 0 Å². The number of carbonyl (C=O) groups excluding carboxylic acids is 2. The minimum Gasteiger partial charge on any atom is -0.342 e. The van der Waals surface area contributed by atoms with Gasteiger partial charge in [-0.05, 0) is 51.5 Å². The summed E-state index contributed by atoms with van der Waals surface area (Å²) in [6.07, 6.45) is 3.34. The molecule has 2 aliphatic rings. The molecular weight excluding hydrogens is 302 g/mol. The average Bonchev–Trinajstić information content (AvgIpc) is 2.94. The minimum atomic E-state index is -0.192. The topological polar surface area (TPSA) is 43.9 Å². The van der Waals surface area contributed by atoms with E-state index in [9.17, 15) is 9.59 Å². The maximum absolute atomic E-state index is 13.0. The van der Waals surface area contributed by atoms with Crippen LogP contribution in [0.25, 0.3) is 0 Å². The molecule has 2 heterocycles. The Kier molecular flexibility index (Phi) is 5.19. The lowest BCUT2D eigenvalue weighted by molar-refractivity contribution is -0.128. The van der Waals surface area contributed by atoms with Gasteiger partial charge in [0.15, 0.2) is 0 Å². The molecule has 0 N–H and O–H groups in total. The van der Waals surface area contributed by atoms with Crippen LogP contribution in [-0.4, -0.2) is 61.9 Å². The summed E-state index contributed by atoms with van der Waals surface area (Å²) in [7, 11) is 4.07. The molecule has 24 heavy (non-hydrogen) atoms. The largest absolute Gasteiger partial charge is 0.342 e. The maximum Gasteiger partial charge on any atom is 0.232 e. The van der Waals surface area contributed by atoms with Gasteiger partial charge in [0.05, 0.1) is 5.92 Å². The summed E-state index contributed by atoms with van der Waals surface area (Å²) in [5.41, 5.74) is 2.27. The third-order valence-electron chi connectivity index (χ3n) is 4.97. The van der Waals surface area contributed by atoms with E-state index in [0.717, 1.165) is 44.6 Å². The van der Waals surface area contributed by atoms with Crippen molar-refractivity contribution >= 4 is 17.5 Å². The van der Waals surface area contributed by atoms with Crippen LogP contribution in [0.3, 0.4) is 0 Å². The van der Waals surface area contributed by atoms with Crippen LogP contribution >= 0.6 is 0 Å². The van der Waals surface area contributed by atoms with E-state index in [2.05, 4.69) is 11.0 Å². The molecule has 0 spiro atoms. The smallest absolute Gasteiger partial charge is 0.232 e. The standard InChI is InChI=1S/C19H27N3O2/c1-20(2)10-6-11-21-14-16(13-18(21)23)19(24)22-12-5-8-15-7-3-4-9-17(15)22/h3-4,7,9,16H,5-6,8,10-14H2,1-2H3. The molecule has 5 heteroatoms. The first kappa shape index (κ1) is 17.0. The Labute approximate surface area is 144 Å². The predicted octanol–water partition coefficient (Wildman–Crippen LogP) is 1.77. The van der Waals surface area contributed by atoms with E-state index in [4.69, 9.17) is 0 Å². The Hall–Kier alpha value is -1.88. The van der Waals surface area contributed by atoms with Gasteiger partial charge in [-0.3, -0.25) is 9.59 Å². The van der Waals surface area contributed by atoms with E-state index in [1.165, 1.54) is 5.56 Å². The Morgan fingerprint density at radius 1 is 1.29 bits per heavy atom. The van der Waals surface area contributed by atoms with Gasteiger partial charge < -0.3 is 14.7 Å². The monoisotopic (exact) mass is 329 g/mol. The number of benzene rings is 1. The van der Waals surface area contributed by atoms with Crippen LogP contribution in [0.15, 0.2) is 24.3 Å². The molecule has 5 nitrogen and oxygen atoms in total. The third kappa shape index (κ3) is 3.61. The van der Waals surface area contributed by atoms with Crippen molar-refractivity contribution in [1.29, 1.82) is 0 Å². The molecule has 2 amide bonds. The first-order valence-electron chi connectivity index (χ1n) is 8.88. The average molecular weight is 329 g/mol. The molecular formula is C19H27N3O2. The molecule has 1 unspecified atom stereocenters. The van der Waals surface area contributed by atoms with Crippen LogP contribution < -0.4 is 4.90 Å². The molecule has 0 aliphatic carbocycles. The summed E-state index contributed by atoms with van der Waals surface area (Å²) in [6.45, 7) is 3.05. The molecule has 1 saturated heterocycles. The molecule has 1 atom stereocenters. The number of likely N-dealkylation sites (tertiary alicyclic amines) is 1. The zero-order valence-corrected chi connectivity index (χ0v) is 14.7. The quantitative estimate of drug-likeness (QED) is 0.827. The molecule has 1 fully saturated rings. The zero-order chi connectivity index (χ0) is 17.1. The van der Waals surface area contributed by atoms with Crippen molar-refractivity contribution in [3.63, 3.8) is 0 Å². The second kappa shape index (κ2) is 7.34. The fraction of sp³-hybridized carbons (Fsp3) is 0.579. The van der Waals surface area contributed by atoms with Gasteiger partial charge >= 0.3 is 0 Å². The first-order chi connectivity index (χ1) is 11.6. The number of para-hydroxylation sites is 1. The van der Waals surface area contributed by atoms with Gasteiger partial charge in [0.2, 0.25) is 11.8 Å². The highest BCUT2D eigenvalue weighted by Gasteiger charge is 2.37. The highest BCUT2D eigenvalue weighted by molar-refractivity contribution is 5.99. The van der Waals surface area contributed by atoms with Gasteiger partial charge in [0.1, 0.15) is 0 Å². The third-order valence-corrected chi connectivity index (χ3v) is 4.97. The van der Waals surface area contributed by atoms with Crippen molar-refractivity contribution < 1.29 is 9.59 Å². The Morgan fingerprint density at radius 3 is 2.88 bits per heavy atom. The lowest BCUT2D eigenvalue weighted by Crippen LogP contribution is -2.40. The zero-order valence-electron chi connectivity index (χ0n) is 14.7. The number of rotatable bonds is 5. The molecule has 1 aromatic carbocycles. The normalized spacial score (nSPS) is 20.6. The lowest BCUT2D eigenvalue weighted by Gasteiger charge is -2.31. The van der Waals surface area contributed by atoms with E-state index in [-0.39, 0.29) is 17.7 Å². The highest BCUT2D eigenvalue weighted by atomic mass is 16.2. The number of amides is 2. The van der Waals surface area contributed by atoms with Crippen LogP contribution in [-0.2, 0) is 16.0 Å². The van der Waals surface area contributed by atoms with Crippen molar-refractivity contribution in [2.45, 2.75) is 25.7 Å². The number of anilines is 1. The summed E-state index contributed by atoms with van der Waals surface area (Å²) >= 11 is 0. The van der Waals surface area contributed by atoms with Gasteiger partial charge in [-0.1, -0.05) is 18.2 Å². The van der Waals surface area contributed by atoms with Crippen LogP contribution in [0, 0.1) is 5.92 Å². The summed E-state index contributed by atoms with van der Waals surface area (Å²) in [6, 6.07) is 8.14. The first-order valence-corrected chi connectivity index (χ1v) is 8.88. The van der Waals surface area contributed by atoms with Crippen molar-refractivity contribution in [2.75, 3.05) is 45.2 Å². The summed E-state index contributed by atoms with van der Waals surface area (Å²) in [5, 5.41) is 0. The van der Waals surface area contributed by atoms with E-state index < -0.39 is 0 Å². The van der Waals surface area contributed by atoms with Gasteiger partial charge in [-0.25, -0.2) is 0 Å². The Morgan fingerprint density at radius 2 is 2.08 bits per heavy atom. The number of aryl methyl sites for hydroxylation is 1.